The number of hydrogen-bond acceptors (Lipinski definition) is 5. The molecule has 0 spiro atoms. The van der Waals surface area contributed by atoms with Gasteiger partial charge in [-0.1, -0.05) is 42.1 Å². The van der Waals surface area contributed by atoms with Crippen LogP contribution < -0.4 is 5.32 Å². The van der Waals surface area contributed by atoms with E-state index in [1.807, 2.05) is 47.9 Å². The molecule has 0 atom stereocenters. The summed E-state index contributed by atoms with van der Waals surface area (Å²) >= 11 is 1.23. The summed E-state index contributed by atoms with van der Waals surface area (Å²) in [6.45, 7) is 2.00. The van der Waals surface area contributed by atoms with Crippen LogP contribution in [0.15, 0.2) is 78.2 Å². The highest BCUT2D eigenvalue weighted by atomic mass is 32.2. The maximum atomic E-state index is 13.8. The Morgan fingerprint density at radius 2 is 1.87 bits per heavy atom. The van der Waals surface area contributed by atoms with Crippen molar-refractivity contribution in [2.24, 2.45) is 0 Å². The molecule has 6 nitrogen and oxygen atoms in total. The Morgan fingerprint density at radius 3 is 2.63 bits per heavy atom. The molecule has 0 aliphatic heterocycles. The van der Waals surface area contributed by atoms with E-state index in [9.17, 15) is 9.18 Å². The first-order chi connectivity index (χ1) is 14.6. The number of halogens is 1. The zero-order chi connectivity index (χ0) is 20.9. The molecule has 2 aromatic heterocycles. The molecule has 0 saturated carbocycles. The lowest BCUT2D eigenvalue weighted by molar-refractivity contribution is -0.113. The number of aryl methyl sites for hydroxylation is 1. The molecule has 1 amide bonds. The van der Waals surface area contributed by atoms with Crippen molar-refractivity contribution in [3.63, 3.8) is 0 Å². The Kier molecular flexibility index (Phi) is 5.85. The van der Waals surface area contributed by atoms with Crippen LogP contribution in [0.25, 0.3) is 17.1 Å². The standard InChI is InChI=1S/C22H18FN5OS/c1-15-7-2-5-11-19(15)28-21(16-8-6-12-24-13-16)26-27-22(28)30-14-20(29)25-18-10-4-3-9-17(18)23/h2-13H,14H2,1H3,(H,25,29). The van der Waals surface area contributed by atoms with Gasteiger partial charge in [-0.05, 0) is 42.8 Å². The number of hydrogen-bond donors (Lipinski definition) is 1. The fourth-order valence-electron chi connectivity index (χ4n) is 2.96. The number of thioether (sulfide) groups is 1. The van der Waals surface area contributed by atoms with E-state index in [0.29, 0.717) is 11.0 Å². The van der Waals surface area contributed by atoms with E-state index in [2.05, 4.69) is 20.5 Å². The average Bonchev–Trinajstić information content (AvgIpc) is 3.18. The van der Waals surface area contributed by atoms with Crippen molar-refractivity contribution in [3.05, 3.63) is 84.4 Å². The van der Waals surface area contributed by atoms with Crippen LogP contribution in [-0.4, -0.2) is 31.4 Å². The van der Waals surface area contributed by atoms with Crippen molar-refractivity contribution in [1.82, 2.24) is 19.7 Å². The Labute approximate surface area is 177 Å². The Bertz CT molecular complexity index is 1180. The number of nitrogens with one attached hydrogen (secondary N) is 1. The summed E-state index contributed by atoms with van der Waals surface area (Å²) in [6, 6.07) is 17.7. The molecule has 4 rings (SSSR count). The first kappa shape index (κ1) is 19.8. The van der Waals surface area contributed by atoms with Crippen molar-refractivity contribution in [1.29, 1.82) is 0 Å². The predicted molar refractivity (Wildman–Crippen MR) is 115 cm³/mol. The van der Waals surface area contributed by atoms with Gasteiger partial charge in [-0.2, -0.15) is 0 Å². The van der Waals surface area contributed by atoms with E-state index in [4.69, 9.17) is 0 Å². The minimum Gasteiger partial charge on any atom is -0.323 e. The maximum absolute atomic E-state index is 13.8. The van der Waals surface area contributed by atoms with Gasteiger partial charge in [-0.3, -0.25) is 14.3 Å². The predicted octanol–water partition coefficient (Wildman–Crippen LogP) is 4.51. The van der Waals surface area contributed by atoms with Gasteiger partial charge in [0.25, 0.3) is 0 Å². The maximum Gasteiger partial charge on any atom is 0.234 e. The van der Waals surface area contributed by atoms with Crippen LogP contribution in [0.5, 0.6) is 0 Å². The monoisotopic (exact) mass is 419 g/mol. The van der Waals surface area contributed by atoms with Crippen molar-refractivity contribution in [2.45, 2.75) is 12.1 Å². The minimum absolute atomic E-state index is 0.0609. The summed E-state index contributed by atoms with van der Waals surface area (Å²) in [5.41, 5.74) is 2.92. The fraction of sp³-hybridized carbons (Fsp3) is 0.0909. The first-order valence-electron chi connectivity index (χ1n) is 9.22. The zero-order valence-corrected chi connectivity index (χ0v) is 16.9. The van der Waals surface area contributed by atoms with E-state index in [1.165, 1.54) is 23.9 Å². The summed E-state index contributed by atoms with van der Waals surface area (Å²) in [7, 11) is 0. The molecule has 0 aliphatic rings. The molecule has 4 aromatic rings. The summed E-state index contributed by atoms with van der Waals surface area (Å²) in [4.78, 5) is 16.5. The van der Waals surface area contributed by atoms with E-state index in [-0.39, 0.29) is 17.3 Å². The first-order valence-corrected chi connectivity index (χ1v) is 10.2. The molecule has 2 aromatic carbocycles. The zero-order valence-electron chi connectivity index (χ0n) is 16.1. The van der Waals surface area contributed by atoms with Gasteiger partial charge < -0.3 is 5.32 Å². The van der Waals surface area contributed by atoms with Crippen molar-refractivity contribution in [3.8, 4) is 17.1 Å². The average molecular weight is 419 g/mol. The van der Waals surface area contributed by atoms with Gasteiger partial charge >= 0.3 is 0 Å². The molecule has 8 heteroatoms. The normalized spacial score (nSPS) is 10.7. The molecular formula is C22H18FN5OS. The van der Waals surface area contributed by atoms with Crippen LogP contribution in [0.4, 0.5) is 10.1 Å². The molecule has 0 aliphatic carbocycles. The lowest BCUT2D eigenvalue weighted by atomic mass is 10.2. The number of para-hydroxylation sites is 2. The number of rotatable bonds is 6. The second kappa shape index (κ2) is 8.87. The van der Waals surface area contributed by atoms with Crippen molar-refractivity contribution >= 4 is 23.4 Å². The topological polar surface area (TPSA) is 72.7 Å². The number of nitrogens with zero attached hydrogens (tertiary/aromatic N) is 4. The molecule has 0 radical (unpaired) electrons. The van der Waals surface area contributed by atoms with Crippen molar-refractivity contribution in [2.75, 3.05) is 11.1 Å². The number of pyridine rings is 1. The van der Waals surface area contributed by atoms with Crippen LogP contribution >= 0.6 is 11.8 Å². The quantitative estimate of drug-likeness (QED) is 0.466. The molecule has 0 saturated heterocycles. The number of amides is 1. The van der Waals surface area contributed by atoms with Crippen LogP contribution in [0.2, 0.25) is 0 Å². The van der Waals surface area contributed by atoms with E-state index in [0.717, 1.165) is 16.8 Å². The lowest BCUT2D eigenvalue weighted by Crippen LogP contribution is -2.15. The third kappa shape index (κ3) is 4.23. The van der Waals surface area contributed by atoms with E-state index < -0.39 is 5.82 Å². The number of carbonyl (C=O) groups is 1. The molecule has 30 heavy (non-hydrogen) atoms. The molecule has 1 N–H and O–H groups in total. The Morgan fingerprint density at radius 1 is 1.07 bits per heavy atom. The van der Waals surface area contributed by atoms with Crippen LogP contribution in [0.1, 0.15) is 5.56 Å². The van der Waals surface area contributed by atoms with Gasteiger partial charge in [-0.15, -0.1) is 10.2 Å². The second-order valence-corrected chi connectivity index (χ2v) is 7.43. The molecule has 0 unspecified atom stereocenters. The number of anilines is 1. The molecule has 150 valence electrons. The highest BCUT2D eigenvalue weighted by Crippen LogP contribution is 2.29. The van der Waals surface area contributed by atoms with Gasteiger partial charge in [-0.25, -0.2) is 4.39 Å². The highest BCUT2D eigenvalue weighted by molar-refractivity contribution is 7.99. The molecule has 0 bridgehead atoms. The van der Waals surface area contributed by atoms with Gasteiger partial charge in [0.05, 0.1) is 17.1 Å². The second-order valence-electron chi connectivity index (χ2n) is 6.49. The lowest BCUT2D eigenvalue weighted by Gasteiger charge is -2.12. The number of benzene rings is 2. The number of carbonyl (C=O) groups excluding carboxylic acids is 1. The summed E-state index contributed by atoms with van der Waals surface area (Å²) in [5.74, 6) is -0.106. The van der Waals surface area contributed by atoms with Crippen LogP contribution in [0, 0.1) is 12.7 Å². The molecule has 0 fully saturated rings. The van der Waals surface area contributed by atoms with Gasteiger partial charge in [0.1, 0.15) is 5.82 Å². The smallest absolute Gasteiger partial charge is 0.234 e. The SMILES string of the molecule is Cc1ccccc1-n1c(SCC(=O)Nc2ccccc2F)nnc1-c1cccnc1. The summed E-state index contributed by atoms with van der Waals surface area (Å²) in [5, 5.41) is 11.8. The largest absolute Gasteiger partial charge is 0.323 e. The van der Waals surface area contributed by atoms with Crippen LogP contribution in [-0.2, 0) is 4.79 Å². The van der Waals surface area contributed by atoms with Crippen LogP contribution in [0.3, 0.4) is 0 Å². The van der Waals surface area contributed by atoms with E-state index >= 15 is 0 Å². The number of aromatic nitrogens is 4. The molecule has 2 heterocycles. The third-order valence-electron chi connectivity index (χ3n) is 4.39. The highest BCUT2D eigenvalue weighted by Gasteiger charge is 2.18. The van der Waals surface area contributed by atoms with Gasteiger partial charge in [0.15, 0.2) is 11.0 Å². The fourth-order valence-corrected chi connectivity index (χ4v) is 3.70. The third-order valence-corrected chi connectivity index (χ3v) is 5.32. The molecular weight excluding hydrogens is 401 g/mol. The van der Waals surface area contributed by atoms with E-state index in [1.54, 1.807) is 24.5 Å². The Balaban J connectivity index is 1.62. The van der Waals surface area contributed by atoms with Gasteiger partial charge in [0, 0.05) is 18.0 Å². The summed E-state index contributed by atoms with van der Waals surface area (Å²) < 4.78 is 15.7. The Hall–Kier alpha value is -3.52. The summed E-state index contributed by atoms with van der Waals surface area (Å²) in [6.07, 6.45) is 3.42. The van der Waals surface area contributed by atoms with Crippen molar-refractivity contribution < 1.29 is 9.18 Å². The van der Waals surface area contributed by atoms with Gasteiger partial charge in [0.2, 0.25) is 5.91 Å². The minimum atomic E-state index is -0.474.